The SMILES string of the molecule is O=S(=O)(Nc1cccc(Br)c1)c1ccc(I)cc1. The molecule has 0 unspecified atom stereocenters. The van der Waals surface area contributed by atoms with Crippen LogP contribution in [0.15, 0.2) is 57.9 Å². The molecule has 0 aliphatic heterocycles. The number of benzene rings is 2. The third-order valence-corrected chi connectivity index (χ3v) is 4.81. The lowest BCUT2D eigenvalue weighted by atomic mass is 10.3. The Morgan fingerprint density at radius 2 is 1.72 bits per heavy atom. The summed E-state index contributed by atoms with van der Waals surface area (Å²) >= 11 is 5.43. The molecule has 0 radical (unpaired) electrons. The topological polar surface area (TPSA) is 46.2 Å². The van der Waals surface area contributed by atoms with Gasteiger partial charge in [-0.15, -0.1) is 0 Å². The van der Waals surface area contributed by atoms with Crippen molar-refractivity contribution in [3.8, 4) is 0 Å². The quantitative estimate of drug-likeness (QED) is 0.741. The molecule has 0 bridgehead atoms. The average Bonchev–Trinajstić information content (AvgIpc) is 2.29. The lowest BCUT2D eigenvalue weighted by molar-refractivity contribution is 0.601. The van der Waals surface area contributed by atoms with Crippen molar-refractivity contribution in [2.24, 2.45) is 0 Å². The van der Waals surface area contributed by atoms with Crippen LogP contribution in [-0.4, -0.2) is 8.42 Å². The van der Waals surface area contributed by atoms with E-state index in [1.54, 1.807) is 42.5 Å². The highest BCUT2D eigenvalue weighted by Crippen LogP contribution is 2.20. The van der Waals surface area contributed by atoms with Crippen molar-refractivity contribution in [2.45, 2.75) is 4.90 Å². The maximum atomic E-state index is 12.1. The summed E-state index contributed by atoms with van der Waals surface area (Å²) in [6.45, 7) is 0. The van der Waals surface area contributed by atoms with E-state index in [1.807, 2.05) is 6.07 Å². The van der Waals surface area contributed by atoms with Crippen molar-refractivity contribution in [1.82, 2.24) is 0 Å². The molecule has 6 heteroatoms. The van der Waals surface area contributed by atoms with Crippen LogP contribution in [0.25, 0.3) is 0 Å². The summed E-state index contributed by atoms with van der Waals surface area (Å²) in [5, 5.41) is 0. The van der Waals surface area contributed by atoms with Gasteiger partial charge in [-0.2, -0.15) is 0 Å². The van der Waals surface area contributed by atoms with Crippen LogP contribution >= 0.6 is 38.5 Å². The van der Waals surface area contributed by atoms with E-state index in [2.05, 4.69) is 43.2 Å². The number of halogens is 2. The molecule has 0 saturated carbocycles. The van der Waals surface area contributed by atoms with Gasteiger partial charge >= 0.3 is 0 Å². The van der Waals surface area contributed by atoms with Gasteiger partial charge in [0.15, 0.2) is 0 Å². The van der Waals surface area contributed by atoms with Crippen LogP contribution in [-0.2, 0) is 10.0 Å². The normalized spacial score (nSPS) is 11.2. The van der Waals surface area contributed by atoms with Crippen molar-refractivity contribution >= 4 is 54.2 Å². The van der Waals surface area contributed by atoms with Gasteiger partial charge in [-0.05, 0) is 65.1 Å². The predicted molar refractivity (Wildman–Crippen MR) is 84.1 cm³/mol. The molecule has 0 aromatic heterocycles. The molecule has 94 valence electrons. The van der Waals surface area contributed by atoms with E-state index in [-0.39, 0.29) is 4.90 Å². The summed E-state index contributed by atoms with van der Waals surface area (Å²) in [6, 6.07) is 13.7. The number of anilines is 1. The fourth-order valence-corrected chi connectivity index (χ4v) is 3.19. The molecule has 0 aliphatic rings. The Bertz CT molecular complexity index is 656. The summed E-state index contributed by atoms with van der Waals surface area (Å²) in [5.41, 5.74) is 0.530. The van der Waals surface area contributed by atoms with Gasteiger partial charge in [-0.25, -0.2) is 8.42 Å². The minimum Gasteiger partial charge on any atom is -0.280 e. The minimum atomic E-state index is -3.52. The first-order valence-corrected chi connectivity index (χ1v) is 8.37. The molecule has 2 aromatic carbocycles. The third kappa shape index (κ3) is 3.46. The van der Waals surface area contributed by atoms with E-state index in [0.717, 1.165) is 8.04 Å². The molecule has 0 spiro atoms. The van der Waals surface area contributed by atoms with Crippen LogP contribution < -0.4 is 4.72 Å². The summed E-state index contributed by atoms with van der Waals surface area (Å²) in [7, 11) is -3.52. The number of sulfonamides is 1. The van der Waals surface area contributed by atoms with Crippen LogP contribution in [0.4, 0.5) is 5.69 Å². The summed E-state index contributed by atoms with van der Waals surface area (Å²) in [6.07, 6.45) is 0. The largest absolute Gasteiger partial charge is 0.280 e. The molecule has 0 heterocycles. The van der Waals surface area contributed by atoms with E-state index < -0.39 is 10.0 Å². The fourth-order valence-electron chi connectivity index (χ4n) is 1.38. The Kier molecular flexibility index (Phi) is 4.29. The first-order valence-electron chi connectivity index (χ1n) is 5.01. The predicted octanol–water partition coefficient (Wildman–Crippen LogP) is 3.85. The van der Waals surface area contributed by atoms with Crippen molar-refractivity contribution < 1.29 is 8.42 Å². The Labute approximate surface area is 128 Å². The average molecular weight is 438 g/mol. The van der Waals surface area contributed by atoms with Crippen molar-refractivity contribution in [1.29, 1.82) is 0 Å². The molecule has 0 amide bonds. The molecule has 3 nitrogen and oxygen atoms in total. The molecule has 0 atom stereocenters. The van der Waals surface area contributed by atoms with Crippen LogP contribution in [0, 0.1) is 3.57 Å². The van der Waals surface area contributed by atoms with Gasteiger partial charge in [0.25, 0.3) is 10.0 Å². The van der Waals surface area contributed by atoms with Gasteiger partial charge < -0.3 is 0 Å². The second-order valence-corrected chi connectivity index (χ2v) is 7.41. The van der Waals surface area contributed by atoms with E-state index in [4.69, 9.17) is 0 Å². The van der Waals surface area contributed by atoms with Crippen molar-refractivity contribution in [3.63, 3.8) is 0 Å². The van der Waals surface area contributed by atoms with Gasteiger partial charge in [0.05, 0.1) is 4.90 Å². The number of rotatable bonds is 3. The maximum Gasteiger partial charge on any atom is 0.261 e. The molecule has 2 aromatic rings. The van der Waals surface area contributed by atoms with E-state index in [1.165, 1.54) is 0 Å². The summed E-state index contributed by atoms with van der Waals surface area (Å²) < 4.78 is 28.5. The van der Waals surface area contributed by atoms with Gasteiger partial charge in [0.1, 0.15) is 0 Å². The zero-order chi connectivity index (χ0) is 13.2. The molecule has 0 saturated heterocycles. The van der Waals surface area contributed by atoms with Gasteiger partial charge in [0.2, 0.25) is 0 Å². The van der Waals surface area contributed by atoms with Crippen LogP contribution in [0.1, 0.15) is 0 Å². The molecular formula is C12H9BrINO2S. The molecule has 0 fully saturated rings. The lowest BCUT2D eigenvalue weighted by Crippen LogP contribution is -2.12. The van der Waals surface area contributed by atoms with E-state index >= 15 is 0 Å². The number of hydrogen-bond donors (Lipinski definition) is 1. The number of hydrogen-bond acceptors (Lipinski definition) is 2. The second kappa shape index (κ2) is 5.58. The van der Waals surface area contributed by atoms with E-state index in [0.29, 0.717) is 5.69 Å². The monoisotopic (exact) mass is 437 g/mol. The van der Waals surface area contributed by atoms with Crippen LogP contribution in [0.5, 0.6) is 0 Å². The van der Waals surface area contributed by atoms with E-state index in [9.17, 15) is 8.42 Å². The Morgan fingerprint density at radius 3 is 2.33 bits per heavy atom. The Balaban J connectivity index is 2.30. The number of nitrogens with one attached hydrogen (secondary N) is 1. The molecule has 0 aliphatic carbocycles. The minimum absolute atomic E-state index is 0.253. The van der Waals surface area contributed by atoms with Crippen LogP contribution in [0.3, 0.4) is 0 Å². The third-order valence-electron chi connectivity index (χ3n) is 2.20. The highest BCUT2D eigenvalue weighted by Gasteiger charge is 2.13. The first-order chi connectivity index (χ1) is 8.47. The van der Waals surface area contributed by atoms with Crippen LogP contribution in [0.2, 0.25) is 0 Å². The highest BCUT2D eigenvalue weighted by atomic mass is 127. The van der Waals surface area contributed by atoms with Gasteiger partial charge in [-0.1, -0.05) is 22.0 Å². The zero-order valence-corrected chi connectivity index (χ0v) is 13.7. The molecule has 1 N–H and O–H groups in total. The molecular weight excluding hydrogens is 429 g/mol. The zero-order valence-electron chi connectivity index (χ0n) is 9.10. The molecule has 2 rings (SSSR count). The Hall–Kier alpha value is -0.600. The first kappa shape index (κ1) is 13.8. The standard InChI is InChI=1S/C12H9BrINO2S/c13-9-2-1-3-11(8-9)15-18(16,17)12-6-4-10(14)5-7-12/h1-8,15H. The smallest absolute Gasteiger partial charge is 0.261 e. The maximum absolute atomic E-state index is 12.1. The van der Waals surface area contributed by atoms with Crippen molar-refractivity contribution in [3.05, 3.63) is 56.6 Å². The molecule has 18 heavy (non-hydrogen) atoms. The summed E-state index contributed by atoms with van der Waals surface area (Å²) in [4.78, 5) is 0.253. The van der Waals surface area contributed by atoms with Gasteiger partial charge in [-0.3, -0.25) is 4.72 Å². The summed E-state index contributed by atoms with van der Waals surface area (Å²) in [5.74, 6) is 0. The van der Waals surface area contributed by atoms with Crippen molar-refractivity contribution in [2.75, 3.05) is 4.72 Å². The highest BCUT2D eigenvalue weighted by molar-refractivity contribution is 14.1. The second-order valence-electron chi connectivity index (χ2n) is 3.57. The lowest BCUT2D eigenvalue weighted by Gasteiger charge is -2.08. The van der Waals surface area contributed by atoms with Gasteiger partial charge in [0, 0.05) is 13.7 Å². The Morgan fingerprint density at radius 1 is 1.06 bits per heavy atom. The fraction of sp³-hybridized carbons (Fsp3) is 0.